The molecular formula is C20H25N. The number of nitrogens with one attached hydrogen (secondary N) is 1. The number of hydrogen-bond acceptors (Lipinski definition) is 1. The van der Waals surface area contributed by atoms with E-state index in [-0.39, 0.29) is 5.41 Å². The predicted molar refractivity (Wildman–Crippen MR) is 90.8 cm³/mol. The minimum absolute atomic E-state index is 0.244. The van der Waals surface area contributed by atoms with E-state index in [4.69, 9.17) is 0 Å². The molecule has 2 aromatic rings. The lowest BCUT2D eigenvalue weighted by Gasteiger charge is -2.30. The molecule has 1 aliphatic rings. The molecular weight excluding hydrogens is 254 g/mol. The van der Waals surface area contributed by atoms with Gasteiger partial charge in [0.25, 0.3) is 0 Å². The minimum atomic E-state index is 0.244. The second-order valence-electron chi connectivity index (χ2n) is 7.18. The SMILES string of the molecule is CC(C)c1ccccc1NC1c2ccccc2CC1(C)C. The van der Waals surface area contributed by atoms with Gasteiger partial charge in [-0.15, -0.1) is 0 Å². The zero-order valence-electron chi connectivity index (χ0n) is 13.5. The first-order valence-corrected chi connectivity index (χ1v) is 7.92. The molecule has 0 radical (unpaired) electrons. The first-order valence-electron chi connectivity index (χ1n) is 7.92. The summed E-state index contributed by atoms with van der Waals surface area (Å²) in [5.74, 6) is 0.536. The maximum Gasteiger partial charge on any atom is 0.0570 e. The number of para-hydroxylation sites is 1. The van der Waals surface area contributed by atoms with Gasteiger partial charge in [-0.05, 0) is 40.5 Å². The Kier molecular flexibility index (Phi) is 3.52. The van der Waals surface area contributed by atoms with Gasteiger partial charge in [0, 0.05) is 5.69 Å². The molecule has 1 heteroatoms. The lowest BCUT2D eigenvalue weighted by atomic mass is 9.85. The van der Waals surface area contributed by atoms with Crippen molar-refractivity contribution in [3.8, 4) is 0 Å². The minimum Gasteiger partial charge on any atom is -0.377 e. The third kappa shape index (κ3) is 2.57. The smallest absolute Gasteiger partial charge is 0.0570 e. The Balaban J connectivity index is 1.98. The van der Waals surface area contributed by atoms with Gasteiger partial charge < -0.3 is 5.32 Å². The van der Waals surface area contributed by atoms with E-state index in [9.17, 15) is 0 Å². The number of rotatable bonds is 3. The highest BCUT2D eigenvalue weighted by Crippen LogP contribution is 2.47. The summed E-state index contributed by atoms with van der Waals surface area (Å²) < 4.78 is 0. The molecule has 21 heavy (non-hydrogen) atoms. The standard InChI is InChI=1S/C20H25N/c1-14(2)16-10-7-8-12-18(16)21-19-17-11-6-5-9-15(17)13-20(19,3)4/h5-12,14,19,21H,13H2,1-4H3. The molecule has 3 rings (SSSR count). The van der Waals surface area contributed by atoms with E-state index in [1.54, 1.807) is 0 Å². The van der Waals surface area contributed by atoms with E-state index in [2.05, 4.69) is 81.5 Å². The normalized spacial score (nSPS) is 19.6. The summed E-state index contributed by atoms with van der Waals surface area (Å²) >= 11 is 0. The molecule has 0 spiro atoms. The quantitative estimate of drug-likeness (QED) is 0.777. The topological polar surface area (TPSA) is 12.0 Å². The van der Waals surface area contributed by atoms with E-state index in [1.807, 2.05) is 0 Å². The van der Waals surface area contributed by atoms with E-state index in [1.165, 1.54) is 22.4 Å². The van der Waals surface area contributed by atoms with E-state index >= 15 is 0 Å². The summed E-state index contributed by atoms with van der Waals surface area (Å²) in [7, 11) is 0. The molecule has 0 amide bonds. The van der Waals surface area contributed by atoms with Crippen molar-refractivity contribution in [3.63, 3.8) is 0 Å². The van der Waals surface area contributed by atoms with Crippen LogP contribution in [0.3, 0.4) is 0 Å². The molecule has 1 aliphatic carbocycles. The van der Waals surface area contributed by atoms with Crippen molar-refractivity contribution in [2.75, 3.05) is 5.32 Å². The van der Waals surface area contributed by atoms with E-state index in [0.717, 1.165) is 6.42 Å². The maximum absolute atomic E-state index is 3.84. The average molecular weight is 279 g/mol. The molecule has 1 nitrogen and oxygen atoms in total. The van der Waals surface area contributed by atoms with Crippen LogP contribution < -0.4 is 5.32 Å². The van der Waals surface area contributed by atoms with Crippen molar-refractivity contribution >= 4 is 5.69 Å². The number of anilines is 1. The Labute approximate surface area is 128 Å². The molecule has 110 valence electrons. The van der Waals surface area contributed by atoms with E-state index < -0.39 is 0 Å². The molecule has 1 N–H and O–H groups in total. The van der Waals surface area contributed by atoms with Crippen LogP contribution in [0.4, 0.5) is 5.69 Å². The van der Waals surface area contributed by atoms with Gasteiger partial charge in [0.05, 0.1) is 6.04 Å². The lowest BCUT2D eigenvalue weighted by Crippen LogP contribution is -2.25. The fourth-order valence-corrected chi connectivity index (χ4v) is 3.55. The summed E-state index contributed by atoms with van der Waals surface area (Å²) in [4.78, 5) is 0. The zero-order valence-corrected chi connectivity index (χ0v) is 13.5. The average Bonchev–Trinajstić information content (AvgIpc) is 2.70. The lowest BCUT2D eigenvalue weighted by molar-refractivity contribution is 0.337. The summed E-state index contributed by atoms with van der Waals surface area (Å²) in [6, 6.07) is 18.0. The largest absolute Gasteiger partial charge is 0.377 e. The molecule has 0 aliphatic heterocycles. The van der Waals surface area contributed by atoms with Gasteiger partial charge in [0.1, 0.15) is 0 Å². The van der Waals surface area contributed by atoms with Crippen LogP contribution in [0.2, 0.25) is 0 Å². The van der Waals surface area contributed by atoms with Gasteiger partial charge in [0.15, 0.2) is 0 Å². The molecule has 0 saturated heterocycles. The Bertz CT molecular complexity index is 640. The maximum atomic E-state index is 3.84. The molecule has 0 bridgehead atoms. The second-order valence-corrected chi connectivity index (χ2v) is 7.18. The van der Waals surface area contributed by atoms with Crippen LogP contribution in [0, 0.1) is 5.41 Å². The van der Waals surface area contributed by atoms with Crippen LogP contribution in [0.15, 0.2) is 48.5 Å². The van der Waals surface area contributed by atoms with Crippen molar-refractivity contribution in [3.05, 3.63) is 65.2 Å². The molecule has 0 fully saturated rings. The highest BCUT2D eigenvalue weighted by Gasteiger charge is 2.38. The van der Waals surface area contributed by atoms with Crippen LogP contribution in [-0.2, 0) is 6.42 Å². The Morgan fingerprint density at radius 3 is 2.43 bits per heavy atom. The molecule has 0 saturated carbocycles. The van der Waals surface area contributed by atoms with Gasteiger partial charge in [-0.3, -0.25) is 0 Å². The third-order valence-corrected chi connectivity index (χ3v) is 4.68. The van der Waals surface area contributed by atoms with Crippen molar-refractivity contribution in [2.24, 2.45) is 5.41 Å². The van der Waals surface area contributed by atoms with Gasteiger partial charge in [-0.2, -0.15) is 0 Å². The monoisotopic (exact) mass is 279 g/mol. The number of benzene rings is 2. The van der Waals surface area contributed by atoms with Crippen molar-refractivity contribution < 1.29 is 0 Å². The molecule has 0 aromatic heterocycles. The summed E-state index contributed by atoms with van der Waals surface area (Å²) in [5.41, 5.74) is 5.87. The van der Waals surface area contributed by atoms with Gasteiger partial charge in [0.2, 0.25) is 0 Å². The van der Waals surface area contributed by atoms with Crippen LogP contribution in [0.1, 0.15) is 56.3 Å². The van der Waals surface area contributed by atoms with Crippen LogP contribution in [0.25, 0.3) is 0 Å². The summed E-state index contributed by atoms with van der Waals surface area (Å²) in [5, 5.41) is 3.84. The second kappa shape index (κ2) is 5.22. The fraction of sp³-hybridized carbons (Fsp3) is 0.400. The molecule has 0 heterocycles. The molecule has 1 atom stereocenters. The van der Waals surface area contributed by atoms with Crippen LogP contribution >= 0.6 is 0 Å². The first-order chi connectivity index (χ1) is 9.99. The highest BCUT2D eigenvalue weighted by molar-refractivity contribution is 5.56. The Morgan fingerprint density at radius 2 is 1.67 bits per heavy atom. The van der Waals surface area contributed by atoms with Crippen molar-refractivity contribution in [1.29, 1.82) is 0 Å². The third-order valence-electron chi connectivity index (χ3n) is 4.68. The summed E-state index contributed by atoms with van der Waals surface area (Å²) in [6.07, 6.45) is 1.14. The predicted octanol–water partition coefficient (Wildman–Crippen LogP) is 5.55. The van der Waals surface area contributed by atoms with Gasteiger partial charge in [-0.1, -0.05) is 70.2 Å². The fourth-order valence-electron chi connectivity index (χ4n) is 3.55. The summed E-state index contributed by atoms with van der Waals surface area (Å²) in [6.45, 7) is 9.24. The molecule has 2 aromatic carbocycles. The van der Waals surface area contributed by atoms with E-state index in [0.29, 0.717) is 12.0 Å². The van der Waals surface area contributed by atoms with Crippen LogP contribution in [0.5, 0.6) is 0 Å². The Morgan fingerprint density at radius 1 is 1.00 bits per heavy atom. The number of fused-ring (bicyclic) bond motifs is 1. The molecule has 1 unspecified atom stereocenters. The van der Waals surface area contributed by atoms with Crippen LogP contribution in [-0.4, -0.2) is 0 Å². The number of hydrogen-bond donors (Lipinski definition) is 1. The first kappa shape index (κ1) is 14.2. The Hall–Kier alpha value is -1.76. The van der Waals surface area contributed by atoms with Crippen molar-refractivity contribution in [1.82, 2.24) is 0 Å². The van der Waals surface area contributed by atoms with Crippen molar-refractivity contribution in [2.45, 2.75) is 46.1 Å². The van der Waals surface area contributed by atoms with Gasteiger partial charge >= 0.3 is 0 Å². The van der Waals surface area contributed by atoms with Gasteiger partial charge in [-0.25, -0.2) is 0 Å². The zero-order chi connectivity index (χ0) is 15.0. The highest BCUT2D eigenvalue weighted by atomic mass is 15.0.